The number of hydrogen-bond acceptors (Lipinski definition) is 7. The second kappa shape index (κ2) is 6.50. The first-order valence-corrected chi connectivity index (χ1v) is 5.66. The molecule has 7 nitrogen and oxygen atoms in total. The molecule has 1 heterocycles. The number of nitrogens with two attached hydrogens (primary N) is 2. The number of nitrogens with zero attached hydrogens (tertiary/aromatic N) is 2. The molecule has 0 aliphatic rings. The van der Waals surface area contributed by atoms with Crippen molar-refractivity contribution in [2.75, 3.05) is 24.7 Å². The van der Waals surface area contributed by atoms with Crippen LogP contribution in [0.3, 0.4) is 0 Å². The van der Waals surface area contributed by atoms with Gasteiger partial charge in [0.25, 0.3) is 0 Å². The third-order valence-electron chi connectivity index (χ3n) is 1.39. The summed E-state index contributed by atoms with van der Waals surface area (Å²) in [6.45, 7) is 0.377. The molecule has 16 heavy (non-hydrogen) atoms. The third-order valence-corrected chi connectivity index (χ3v) is 2.34. The van der Waals surface area contributed by atoms with Crippen molar-refractivity contribution < 1.29 is 14.0 Å². The van der Waals surface area contributed by atoms with Crippen LogP contribution in [0.15, 0.2) is 4.47 Å². The Labute approximate surface area is 101 Å². The molecule has 0 amide bonds. The molecule has 0 bridgehead atoms. The second-order valence-corrected chi connectivity index (χ2v) is 3.62. The Balaban J connectivity index is 2.58. The zero-order valence-electron chi connectivity index (χ0n) is 8.01. The quantitative estimate of drug-likeness (QED) is 0.630. The Hall–Kier alpha value is -1.07. The van der Waals surface area contributed by atoms with Gasteiger partial charge >= 0.3 is 100 Å². The van der Waals surface area contributed by atoms with Gasteiger partial charge < -0.3 is 0 Å². The van der Waals surface area contributed by atoms with E-state index in [2.05, 4.69) is 36.4 Å². The van der Waals surface area contributed by atoms with E-state index in [0.29, 0.717) is 4.47 Å². The zero-order valence-corrected chi connectivity index (χ0v) is 10.5. The standard InChI is InChI=1S/C7H8BrN4O3P/c8-4-5(9)11-7(10)12-6(4)15-2-1-14-3-16-13/h1-2H2,(H4,9,10,11,12). The first-order valence-electron chi connectivity index (χ1n) is 4.05. The summed E-state index contributed by atoms with van der Waals surface area (Å²) in [5, 5.41) is 0. The van der Waals surface area contributed by atoms with Gasteiger partial charge in [-0.15, -0.1) is 0 Å². The minimum atomic E-state index is -0.310. The van der Waals surface area contributed by atoms with E-state index in [0.717, 1.165) is 0 Å². The molecule has 1 aromatic heterocycles. The van der Waals surface area contributed by atoms with E-state index in [9.17, 15) is 4.57 Å². The summed E-state index contributed by atoms with van der Waals surface area (Å²) in [5.74, 6) is 2.56. The maximum absolute atomic E-state index is 9.94. The van der Waals surface area contributed by atoms with Crippen molar-refractivity contribution in [3.63, 3.8) is 0 Å². The summed E-state index contributed by atoms with van der Waals surface area (Å²) in [6, 6.07) is 0. The fourth-order valence-corrected chi connectivity index (χ4v) is 1.24. The Kier molecular flexibility index (Phi) is 5.28. The van der Waals surface area contributed by atoms with E-state index in [1.807, 2.05) is 0 Å². The van der Waals surface area contributed by atoms with Gasteiger partial charge in [-0.25, -0.2) is 0 Å². The first kappa shape index (κ1) is 13.0. The molecule has 4 N–H and O–H groups in total. The van der Waals surface area contributed by atoms with Gasteiger partial charge in [0.15, 0.2) is 0 Å². The average molecular weight is 307 g/mol. The molecule has 0 radical (unpaired) electrons. The summed E-state index contributed by atoms with van der Waals surface area (Å²) in [7, 11) is -0.310. The van der Waals surface area contributed by atoms with Gasteiger partial charge in [0.2, 0.25) is 0 Å². The van der Waals surface area contributed by atoms with E-state index in [4.69, 9.17) is 16.2 Å². The summed E-state index contributed by atoms with van der Waals surface area (Å²) in [5.41, 5.74) is 10.9. The fraction of sp³-hybridized carbons (Fsp3) is 0.286. The summed E-state index contributed by atoms with van der Waals surface area (Å²) in [6.07, 6.45) is 0. The fourth-order valence-electron chi connectivity index (χ4n) is 0.808. The van der Waals surface area contributed by atoms with Crippen molar-refractivity contribution >= 4 is 35.6 Å². The van der Waals surface area contributed by atoms with Crippen LogP contribution in [0.5, 0.6) is 5.88 Å². The number of anilines is 2. The predicted octanol–water partition coefficient (Wildman–Crippen LogP) is 1.01. The number of nitrogen functional groups attached to an aromatic ring is 2. The van der Waals surface area contributed by atoms with Gasteiger partial charge in [0.05, 0.1) is 0 Å². The zero-order chi connectivity index (χ0) is 12.0. The van der Waals surface area contributed by atoms with Gasteiger partial charge in [-0.2, -0.15) is 0 Å². The van der Waals surface area contributed by atoms with E-state index >= 15 is 0 Å². The molecule has 0 aromatic carbocycles. The topological polar surface area (TPSA) is 113 Å². The van der Waals surface area contributed by atoms with Crippen LogP contribution in [0.1, 0.15) is 0 Å². The second-order valence-electron chi connectivity index (χ2n) is 2.47. The van der Waals surface area contributed by atoms with E-state index < -0.39 is 0 Å². The number of rotatable bonds is 4. The molecule has 0 atom stereocenters. The molecular weight excluding hydrogens is 299 g/mol. The monoisotopic (exact) mass is 306 g/mol. The van der Waals surface area contributed by atoms with E-state index in [-0.39, 0.29) is 38.8 Å². The first-order chi connectivity index (χ1) is 7.65. The Morgan fingerprint density at radius 2 is 2.12 bits per heavy atom. The van der Waals surface area contributed by atoms with Crippen molar-refractivity contribution in [2.24, 2.45) is 0 Å². The maximum atomic E-state index is 9.94. The molecule has 0 aliphatic heterocycles. The van der Waals surface area contributed by atoms with Crippen LogP contribution in [0.25, 0.3) is 0 Å². The summed E-state index contributed by atoms with van der Waals surface area (Å²) < 4.78 is 20.3. The van der Waals surface area contributed by atoms with Crippen LogP contribution < -0.4 is 16.2 Å². The van der Waals surface area contributed by atoms with Gasteiger partial charge in [-0.05, 0) is 0 Å². The van der Waals surface area contributed by atoms with Crippen LogP contribution in [0.2, 0.25) is 0 Å². The molecule has 0 spiro atoms. The van der Waals surface area contributed by atoms with E-state index in [1.54, 1.807) is 0 Å². The predicted molar refractivity (Wildman–Crippen MR) is 61.5 cm³/mol. The number of ether oxygens (including phenoxy) is 2. The van der Waals surface area contributed by atoms with Crippen LogP contribution in [0.4, 0.5) is 11.8 Å². The van der Waals surface area contributed by atoms with Gasteiger partial charge in [0, 0.05) is 0 Å². The number of hydrogen-bond donors (Lipinski definition) is 2. The van der Waals surface area contributed by atoms with Crippen molar-refractivity contribution in [3.05, 3.63) is 4.47 Å². The Morgan fingerprint density at radius 1 is 1.38 bits per heavy atom. The third kappa shape index (κ3) is 3.83. The molecule has 0 aliphatic carbocycles. The normalized spacial score (nSPS) is 9.56. The molecule has 86 valence electrons. The van der Waals surface area contributed by atoms with Crippen molar-refractivity contribution in [2.45, 2.75) is 0 Å². The molecule has 1 aromatic rings. The average Bonchev–Trinajstić information content (AvgIpc) is 2.24. The van der Waals surface area contributed by atoms with Gasteiger partial charge in [-0.3, -0.25) is 0 Å². The van der Waals surface area contributed by atoms with Crippen LogP contribution >= 0.6 is 23.8 Å². The number of aromatic nitrogens is 2. The molecule has 0 fully saturated rings. The molecule has 0 saturated carbocycles. The van der Waals surface area contributed by atoms with Gasteiger partial charge in [0.1, 0.15) is 0 Å². The minimum absolute atomic E-state index is 0.0211. The molecular formula is C7H8BrN4O3P. The molecule has 1 rings (SSSR count). The van der Waals surface area contributed by atoms with Crippen molar-refractivity contribution in [1.82, 2.24) is 9.97 Å². The summed E-state index contributed by atoms with van der Waals surface area (Å²) >= 11 is 3.16. The van der Waals surface area contributed by atoms with Crippen LogP contribution in [-0.2, 0) is 9.30 Å². The van der Waals surface area contributed by atoms with E-state index in [1.165, 1.54) is 0 Å². The number of halogens is 1. The molecule has 9 heteroatoms. The van der Waals surface area contributed by atoms with Crippen LogP contribution in [0, 0.1) is 5.81 Å². The van der Waals surface area contributed by atoms with Crippen LogP contribution in [-0.4, -0.2) is 23.2 Å². The Bertz CT molecular complexity index is 478. The molecule has 0 saturated heterocycles. The van der Waals surface area contributed by atoms with Gasteiger partial charge in [-0.1, -0.05) is 0 Å². The Morgan fingerprint density at radius 3 is 2.81 bits per heavy atom. The summed E-state index contributed by atoms with van der Waals surface area (Å²) in [4.78, 5) is 7.55. The SMILES string of the molecule is Nc1nc(N)c(Br)c(OCCOC#P=O)n1. The van der Waals surface area contributed by atoms with Crippen molar-refractivity contribution in [1.29, 1.82) is 0 Å². The molecule has 0 unspecified atom stereocenters. The van der Waals surface area contributed by atoms with Crippen molar-refractivity contribution in [3.8, 4) is 11.7 Å².